The minimum Gasteiger partial charge on any atom is -0.340 e. The highest BCUT2D eigenvalue weighted by molar-refractivity contribution is 5.73. The van der Waals surface area contributed by atoms with Crippen molar-refractivity contribution >= 4 is 5.91 Å². The Bertz CT molecular complexity index is 157. The molecule has 0 aliphatic rings. The minimum absolute atomic E-state index is 0.153. The van der Waals surface area contributed by atoms with Crippen LogP contribution in [-0.4, -0.2) is 11.9 Å². The van der Waals surface area contributed by atoms with Gasteiger partial charge in [-0.2, -0.15) is 5.26 Å². The fraction of sp³-hybridized carbons (Fsp3) is 0.714. The highest BCUT2D eigenvalue weighted by Crippen LogP contribution is 1.98. The van der Waals surface area contributed by atoms with Crippen molar-refractivity contribution in [3.63, 3.8) is 0 Å². The maximum Gasteiger partial charge on any atom is 0.217 e. The van der Waals surface area contributed by atoms with Crippen molar-refractivity contribution in [3.8, 4) is 6.07 Å². The van der Waals surface area contributed by atoms with E-state index in [1.807, 2.05) is 19.9 Å². The van der Waals surface area contributed by atoms with Crippen LogP contribution in [0.15, 0.2) is 0 Å². The molecule has 3 nitrogen and oxygen atoms in total. The van der Waals surface area contributed by atoms with E-state index in [-0.39, 0.29) is 17.9 Å². The smallest absolute Gasteiger partial charge is 0.217 e. The molecule has 10 heavy (non-hydrogen) atoms. The van der Waals surface area contributed by atoms with Gasteiger partial charge in [0.25, 0.3) is 0 Å². The van der Waals surface area contributed by atoms with E-state index in [2.05, 4.69) is 5.32 Å². The van der Waals surface area contributed by atoms with E-state index in [0.29, 0.717) is 0 Å². The van der Waals surface area contributed by atoms with Crippen LogP contribution in [0.25, 0.3) is 0 Å². The molecule has 0 bridgehead atoms. The molecule has 0 aromatic carbocycles. The third-order valence-corrected chi connectivity index (χ3v) is 1.16. The molecule has 0 rings (SSSR count). The summed E-state index contributed by atoms with van der Waals surface area (Å²) in [4.78, 5) is 10.5. The summed E-state index contributed by atoms with van der Waals surface area (Å²) in [6.07, 6.45) is 0. The van der Waals surface area contributed by atoms with Crippen molar-refractivity contribution in [2.24, 2.45) is 5.92 Å². The molecule has 0 aliphatic heterocycles. The molecular weight excluding hydrogens is 128 g/mol. The second-order valence-corrected chi connectivity index (χ2v) is 2.55. The maximum absolute atomic E-state index is 10.5. The first kappa shape index (κ1) is 8.96. The Morgan fingerprint density at radius 1 is 1.60 bits per heavy atom. The molecule has 0 saturated heterocycles. The van der Waals surface area contributed by atoms with Crippen LogP contribution in [0.2, 0.25) is 0 Å². The van der Waals surface area contributed by atoms with Crippen LogP contribution in [0, 0.1) is 17.2 Å². The Morgan fingerprint density at radius 2 is 2.10 bits per heavy atom. The predicted molar refractivity (Wildman–Crippen MR) is 38.1 cm³/mol. The van der Waals surface area contributed by atoms with Gasteiger partial charge in [-0.05, 0) is 5.92 Å². The van der Waals surface area contributed by atoms with Crippen LogP contribution < -0.4 is 5.32 Å². The molecule has 3 heteroatoms. The van der Waals surface area contributed by atoms with Crippen molar-refractivity contribution in [1.82, 2.24) is 5.32 Å². The van der Waals surface area contributed by atoms with Gasteiger partial charge in [0.15, 0.2) is 0 Å². The monoisotopic (exact) mass is 140 g/mol. The number of carbonyl (C=O) groups is 1. The summed E-state index contributed by atoms with van der Waals surface area (Å²) in [7, 11) is 0. The van der Waals surface area contributed by atoms with Gasteiger partial charge in [0.2, 0.25) is 5.91 Å². The highest BCUT2D eigenvalue weighted by atomic mass is 16.1. The molecule has 0 aromatic heterocycles. The van der Waals surface area contributed by atoms with Gasteiger partial charge in [-0.3, -0.25) is 4.79 Å². The van der Waals surface area contributed by atoms with E-state index >= 15 is 0 Å². The summed E-state index contributed by atoms with van der Waals surface area (Å²) in [6.45, 7) is 5.19. The molecule has 0 aliphatic carbocycles. The summed E-state index contributed by atoms with van der Waals surface area (Å²) < 4.78 is 0. The van der Waals surface area contributed by atoms with Gasteiger partial charge < -0.3 is 5.32 Å². The second-order valence-electron chi connectivity index (χ2n) is 2.55. The average Bonchev–Trinajstić information content (AvgIpc) is 1.81. The van der Waals surface area contributed by atoms with Gasteiger partial charge in [0.1, 0.15) is 6.04 Å². The van der Waals surface area contributed by atoms with Crippen molar-refractivity contribution < 1.29 is 4.79 Å². The highest BCUT2D eigenvalue weighted by Gasteiger charge is 2.11. The SMILES string of the molecule is CC(=O)N[C@H](C#N)C(C)C. The lowest BCUT2D eigenvalue weighted by molar-refractivity contribution is -0.119. The van der Waals surface area contributed by atoms with Gasteiger partial charge in [-0.15, -0.1) is 0 Å². The quantitative estimate of drug-likeness (QED) is 0.613. The van der Waals surface area contributed by atoms with E-state index in [1.165, 1.54) is 6.92 Å². The first-order chi connectivity index (χ1) is 4.57. The predicted octanol–water partition coefficient (Wildman–Crippen LogP) is 0.671. The zero-order valence-electron chi connectivity index (χ0n) is 6.51. The topological polar surface area (TPSA) is 52.9 Å². The van der Waals surface area contributed by atoms with E-state index in [0.717, 1.165) is 0 Å². The van der Waals surface area contributed by atoms with Gasteiger partial charge in [0, 0.05) is 6.92 Å². The molecule has 1 atom stereocenters. The molecule has 0 spiro atoms. The number of rotatable bonds is 2. The lowest BCUT2D eigenvalue weighted by Gasteiger charge is -2.12. The van der Waals surface area contributed by atoms with Crippen LogP contribution in [0.1, 0.15) is 20.8 Å². The molecule has 0 fully saturated rings. The molecule has 1 N–H and O–H groups in total. The fourth-order valence-electron chi connectivity index (χ4n) is 0.567. The standard InChI is InChI=1S/C7H12N2O/c1-5(2)7(4-8)9-6(3)10/h5,7H,1-3H3,(H,9,10)/t7-/m1/s1. The summed E-state index contributed by atoms with van der Waals surface area (Å²) in [6, 6.07) is 1.65. The Hall–Kier alpha value is -1.04. The minimum atomic E-state index is -0.350. The lowest BCUT2D eigenvalue weighted by atomic mass is 10.1. The lowest BCUT2D eigenvalue weighted by Crippen LogP contribution is -2.35. The normalized spacial score (nSPS) is 12.3. The fourth-order valence-corrected chi connectivity index (χ4v) is 0.567. The molecule has 0 radical (unpaired) electrons. The maximum atomic E-state index is 10.5. The number of nitriles is 1. The molecule has 0 aromatic rings. The zero-order chi connectivity index (χ0) is 8.15. The Kier molecular flexibility index (Phi) is 3.48. The van der Waals surface area contributed by atoms with Gasteiger partial charge in [0.05, 0.1) is 6.07 Å². The van der Waals surface area contributed by atoms with Gasteiger partial charge in [-0.1, -0.05) is 13.8 Å². The van der Waals surface area contributed by atoms with Crippen LogP contribution in [0.3, 0.4) is 0 Å². The van der Waals surface area contributed by atoms with Crippen LogP contribution in [0.4, 0.5) is 0 Å². The van der Waals surface area contributed by atoms with E-state index in [1.54, 1.807) is 0 Å². The number of carbonyl (C=O) groups excluding carboxylic acids is 1. The van der Waals surface area contributed by atoms with E-state index < -0.39 is 0 Å². The van der Waals surface area contributed by atoms with Crippen molar-refractivity contribution in [1.29, 1.82) is 5.26 Å². The first-order valence-electron chi connectivity index (χ1n) is 3.24. The summed E-state index contributed by atoms with van der Waals surface area (Å²) in [5.74, 6) is 0.0224. The first-order valence-corrected chi connectivity index (χ1v) is 3.24. The Morgan fingerprint density at radius 3 is 2.20 bits per heavy atom. The number of nitrogens with zero attached hydrogens (tertiary/aromatic N) is 1. The van der Waals surface area contributed by atoms with Crippen molar-refractivity contribution in [3.05, 3.63) is 0 Å². The van der Waals surface area contributed by atoms with E-state index in [4.69, 9.17) is 5.26 Å². The number of amides is 1. The zero-order valence-corrected chi connectivity index (χ0v) is 6.51. The van der Waals surface area contributed by atoms with Gasteiger partial charge >= 0.3 is 0 Å². The third kappa shape index (κ3) is 3.08. The van der Waals surface area contributed by atoms with Crippen LogP contribution in [0.5, 0.6) is 0 Å². The molecule has 0 saturated carbocycles. The Labute approximate surface area is 61.0 Å². The Balaban J connectivity index is 3.87. The molecule has 0 unspecified atom stereocenters. The molecule has 1 amide bonds. The van der Waals surface area contributed by atoms with Crippen molar-refractivity contribution in [2.45, 2.75) is 26.8 Å². The van der Waals surface area contributed by atoms with Crippen LogP contribution >= 0.6 is 0 Å². The number of hydrogen-bond donors (Lipinski definition) is 1. The largest absolute Gasteiger partial charge is 0.340 e. The summed E-state index contributed by atoms with van der Waals surface area (Å²) in [5, 5.41) is 11.0. The summed E-state index contributed by atoms with van der Waals surface area (Å²) >= 11 is 0. The van der Waals surface area contributed by atoms with Gasteiger partial charge in [-0.25, -0.2) is 0 Å². The third-order valence-electron chi connectivity index (χ3n) is 1.16. The number of hydrogen-bond acceptors (Lipinski definition) is 2. The summed E-state index contributed by atoms with van der Waals surface area (Å²) in [5.41, 5.74) is 0. The van der Waals surface area contributed by atoms with E-state index in [9.17, 15) is 4.79 Å². The molecule has 0 heterocycles. The van der Waals surface area contributed by atoms with Crippen LogP contribution in [-0.2, 0) is 4.79 Å². The number of nitrogens with one attached hydrogen (secondary N) is 1. The average molecular weight is 140 g/mol. The molecule has 56 valence electrons. The second kappa shape index (κ2) is 3.89. The molecular formula is C7H12N2O. The van der Waals surface area contributed by atoms with Crippen molar-refractivity contribution in [2.75, 3.05) is 0 Å².